The van der Waals surface area contributed by atoms with Gasteiger partial charge in [-0.1, -0.05) is 41.9 Å². The molecule has 7 heteroatoms. The first-order chi connectivity index (χ1) is 13.5. The number of ether oxygens (including phenoxy) is 3. The minimum absolute atomic E-state index is 0.185. The number of methoxy groups -OCH3 is 1. The molecule has 0 unspecified atom stereocenters. The predicted octanol–water partition coefficient (Wildman–Crippen LogP) is 4.02. The van der Waals surface area contributed by atoms with E-state index in [9.17, 15) is 4.79 Å². The molecule has 2 aromatic carbocycles. The molecule has 0 aliphatic rings. The summed E-state index contributed by atoms with van der Waals surface area (Å²) in [6.07, 6.45) is 0. The van der Waals surface area contributed by atoms with Gasteiger partial charge in [-0.25, -0.2) is 4.79 Å². The number of carbonyl (C=O) groups excluding carboxylic acids is 1. The van der Waals surface area contributed by atoms with E-state index in [0.717, 1.165) is 22.6 Å². The van der Waals surface area contributed by atoms with Gasteiger partial charge in [0.25, 0.3) is 0 Å². The molecule has 28 heavy (non-hydrogen) atoms. The van der Waals surface area contributed by atoms with Gasteiger partial charge in [0.1, 0.15) is 12.4 Å². The minimum atomic E-state index is -0.460. The maximum absolute atomic E-state index is 11.2. The zero-order chi connectivity index (χ0) is 19.9. The third kappa shape index (κ3) is 5.27. The van der Waals surface area contributed by atoms with Crippen molar-refractivity contribution in [2.45, 2.75) is 20.1 Å². The van der Waals surface area contributed by atoms with E-state index in [4.69, 9.17) is 21.1 Å². The first-order valence-corrected chi connectivity index (χ1v) is 9.12. The van der Waals surface area contributed by atoms with Crippen LogP contribution in [0, 0.1) is 6.92 Å². The maximum atomic E-state index is 11.2. The van der Waals surface area contributed by atoms with Crippen LogP contribution < -0.4 is 9.47 Å². The minimum Gasteiger partial charge on any atom is -0.489 e. The number of aryl methyl sites for hydroxylation is 1. The van der Waals surface area contributed by atoms with E-state index in [1.165, 1.54) is 7.11 Å². The molecule has 3 aromatic rings. The second kappa shape index (κ2) is 9.28. The van der Waals surface area contributed by atoms with E-state index in [1.54, 1.807) is 16.8 Å². The van der Waals surface area contributed by atoms with Crippen LogP contribution in [0.2, 0.25) is 5.02 Å². The Hall–Kier alpha value is -2.99. The molecule has 0 fully saturated rings. The molecule has 0 N–H and O–H groups in total. The number of rotatable bonds is 8. The lowest BCUT2D eigenvalue weighted by atomic mass is 10.2. The highest BCUT2D eigenvalue weighted by Gasteiger charge is 2.12. The van der Waals surface area contributed by atoms with Crippen LogP contribution in [-0.4, -0.2) is 29.5 Å². The quantitative estimate of drug-likeness (QED) is 0.534. The van der Waals surface area contributed by atoms with Crippen molar-refractivity contribution in [3.05, 3.63) is 76.4 Å². The molecule has 0 spiro atoms. The zero-order valence-electron chi connectivity index (χ0n) is 15.7. The monoisotopic (exact) mass is 400 g/mol. The van der Waals surface area contributed by atoms with Crippen LogP contribution in [0.1, 0.15) is 16.8 Å². The van der Waals surface area contributed by atoms with Crippen molar-refractivity contribution in [3.63, 3.8) is 0 Å². The zero-order valence-corrected chi connectivity index (χ0v) is 16.5. The molecule has 0 saturated carbocycles. The molecule has 0 atom stereocenters. The van der Waals surface area contributed by atoms with Gasteiger partial charge in [-0.15, -0.1) is 5.10 Å². The summed E-state index contributed by atoms with van der Waals surface area (Å²) >= 11 is 6.18. The standard InChI is InChI=1S/C21H21ClN2O4/c1-15-10-20(28-14-21(25)26-2)23-24(15)12-17-11-18(22)8-9-19(17)27-13-16-6-4-3-5-7-16/h3-11H,12-14H2,1-2H3. The Balaban J connectivity index is 1.73. The van der Waals surface area contributed by atoms with Gasteiger partial charge in [-0.2, -0.15) is 0 Å². The van der Waals surface area contributed by atoms with E-state index in [2.05, 4.69) is 9.84 Å². The fourth-order valence-electron chi connectivity index (χ4n) is 2.61. The molecular weight excluding hydrogens is 380 g/mol. The number of hydrogen-bond donors (Lipinski definition) is 0. The molecule has 3 rings (SSSR count). The third-order valence-electron chi connectivity index (χ3n) is 4.10. The molecular formula is C21H21ClN2O4. The van der Waals surface area contributed by atoms with E-state index >= 15 is 0 Å². The molecule has 6 nitrogen and oxygen atoms in total. The van der Waals surface area contributed by atoms with Gasteiger partial charge in [0.05, 0.1) is 13.7 Å². The van der Waals surface area contributed by atoms with Crippen LogP contribution in [0.25, 0.3) is 0 Å². The average Bonchev–Trinajstić information content (AvgIpc) is 3.05. The Morgan fingerprint density at radius 1 is 1.11 bits per heavy atom. The third-order valence-corrected chi connectivity index (χ3v) is 4.34. The van der Waals surface area contributed by atoms with Gasteiger partial charge < -0.3 is 14.2 Å². The van der Waals surface area contributed by atoms with Crippen LogP contribution in [0.4, 0.5) is 0 Å². The van der Waals surface area contributed by atoms with Crippen molar-refractivity contribution in [3.8, 4) is 11.6 Å². The summed E-state index contributed by atoms with van der Waals surface area (Å²) in [6.45, 7) is 2.64. The summed E-state index contributed by atoms with van der Waals surface area (Å²) in [4.78, 5) is 11.2. The van der Waals surface area contributed by atoms with E-state index in [0.29, 0.717) is 24.1 Å². The summed E-state index contributed by atoms with van der Waals surface area (Å²) in [6, 6.07) is 17.2. The van der Waals surface area contributed by atoms with Crippen molar-refractivity contribution < 1.29 is 19.0 Å². The molecule has 0 bridgehead atoms. The molecule has 0 saturated heterocycles. The molecule has 1 aromatic heterocycles. The summed E-state index contributed by atoms with van der Waals surface area (Å²) in [5.41, 5.74) is 2.86. The topological polar surface area (TPSA) is 62.6 Å². The molecule has 1 heterocycles. The first kappa shape index (κ1) is 19.8. The van der Waals surface area contributed by atoms with Crippen molar-refractivity contribution in [1.29, 1.82) is 0 Å². The predicted molar refractivity (Wildman–Crippen MR) is 106 cm³/mol. The van der Waals surface area contributed by atoms with E-state index in [1.807, 2.05) is 49.4 Å². The maximum Gasteiger partial charge on any atom is 0.343 e. The van der Waals surface area contributed by atoms with Crippen LogP contribution in [0.15, 0.2) is 54.6 Å². The van der Waals surface area contributed by atoms with Gasteiger partial charge in [0.15, 0.2) is 6.61 Å². The van der Waals surface area contributed by atoms with Crippen LogP contribution in [-0.2, 0) is 22.7 Å². The van der Waals surface area contributed by atoms with Crippen LogP contribution >= 0.6 is 11.6 Å². The number of hydrogen-bond acceptors (Lipinski definition) is 5. The average molecular weight is 401 g/mol. The summed E-state index contributed by atoms with van der Waals surface area (Å²) < 4.78 is 17.7. The fourth-order valence-corrected chi connectivity index (χ4v) is 2.81. The molecule has 0 aliphatic carbocycles. The summed E-state index contributed by atoms with van der Waals surface area (Å²) in [5.74, 6) is 0.635. The Bertz CT molecular complexity index is 941. The van der Waals surface area contributed by atoms with Crippen molar-refractivity contribution >= 4 is 17.6 Å². The number of esters is 1. The van der Waals surface area contributed by atoms with E-state index in [-0.39, 0.29) is 6.61 Å². The highest BCUT2D eigenvalue weighted by Crippen LogP contribution is 2.26. The van der Waals surface area contributed by atoms with Crippen molar-refractivity contribution in [1.82, 2.24) is 9.78 Å². The lowest BCUT2D eigenvalue weighted by Gasteiger charge is -2.13. The second-order valence-corrected chi connectivity index (χ2v) is 6.61. The van der Waals surface area contributed by atoms with Gasteiger partial charge in [0, 0.05) is 22.3 Å². The Labute approximate surface area is 168 Å². The Morgan fingerprint density at radius 3 is 2.64 bits per heavy atom. The SMILES string of the molecule is COC(=O)COc1cc(C)n(Cc2cc(Cl)ccc2OCc2ccccc2)n1. The molecule has 0 aliphatic heterocycles. The fraction of sp³-hybridized carbons (Fsp3) is 0.238. The number of aromatic nitrogens is 2. The summed E-state index contributed by atoms with van der Waals surface area (Å²) in [7, 11) is 1.31. The van der Waals surface area contributed by atoms with Crippen molar-refractivity contribution in [2.75, 3.05) is 13.7 Å². The highest BCUT2D eigenvalue weighted by atomic mass is 35.5. The van der Waals surface area contributed by atoms with Gasteiger partial charge in [-0.05, 0) is 30.7 Å². The van der Waals surface area contributed by atoms with Crippen LogP contribution in [0.3, 0.4) is 0 Å². The Morgan fingerprint density at radius 2 is 1.89 bits per heavy atom. The van der Waals surface area contributed by atoms with Gasteiger partial charge in [0.2, 0.25) is 5.88 Å². The van der Waals surface area contributed by atoms with Gasteiger partial charge in [-0.3, -0.25) is 4.68 Å². The highest BCUT2D eigenvalue weighted by molar-refractivity contribution is 6.30. The number of benzene rings is 2. The van der Waals surface area contributed by atoms with Gasteiger partial charge >= 0.3 is 5.97 Å². The lowest BCUT2D eigenvalue weighted by molar-refractivity contribution is -0.143. The smallest absolute Gasteiger partial charge is 0.343 e. The Kier molecular flexibility index (Phi) is 6.55. The molecule has 0 amide bonds. The number of carbonyl (C=O) groups is 1. The molecule has 0 radical (unpaired) electrons. The first-order valence-electron chi connectivity index (χ1n) is 8.74. The molecule has 146 valence electrons. The normalized spacial score (nSPS) is 10.5. The number of nitrogens with zero attached hydrogens (tertiary/aromatic N) is 2. The lowest BCUT2D eigenvalue weighted by Crippen LogP contribution is -2.13. The van der Waals surface area contributed by atoms with E-state index < -0.39 is 5.97 Å². The second-order valence-electron chi connectivity index (χ2n) is 6.17. The van der Waals surface area contributed by atoms with Crippen LogP contribution in [0.5, 0.6) is 11.6 Å². The summed E-state index contributed by atoms with van der Waals surface area (Å²) in [5, 5.41) is 5.01. The largest absolute Gasteiger partial charge is 0.489 e. The van der Waals surface area contributed by atoms with Crippen molar-refractivity contribution in [2.24, 2.45) is 0 Å². The number of halogens is 1.